The molecular weight excluding hydrogens is 274 g/mol. The number of carbonyl (C=O) groups is 1. The summed E-state index contributed by atoms with van der Waals surface area (Å²) < 4.78 is 1.96. The second-order valence-corrected chi connectivity index (χ2v) is 5.52. The zero-order valence-electron chi connectivity index (χ0n) is 11.5. The molecule has 0 bridgehead atoms. The molecule has 0 radical (unpaired) electrons. The average Bonchev–Trinajstić information content (AvgIpc) is 2.93. The molecule has 2 aromatic heterocycles. The van der Waals surface area contributed by atoms with Crippen LogP contribution in [0.1, 0.15) is 42.4 Å². The van der Waals surface area contributed by atoms with Gasteiger partial charge in [0.2, 0.25) is 0 Å². The Morgan fingerprint density at radius 1 is 1.50 bits per heavy atom. The largest absolute Gasteiger partial charge is 0.478 e. The highest BCUT2D eigenvalue weighted by Gasteiger charge is 2.07. The summed E-state index contributed by atoms with van der Waals surface area (Å²) in [5, 5.41) is 14.1. The van der Waals surface area contributed by atoms with Gasteiger partial charge in [0, 0.05) is 24.2 Å². The van der Waals surface area contributed by atoms with E-state index < -0.39 is 5.97 Å². The van der Waals surface area contributed by atoms with Crippen molar-refractivity contribution in [2.75, 3.05) is 0 Å². The number of pyridine rings is 1. The van der Waals surface area contributed by atoms with Crippen LogP contribution in [0.2, 0.25) is 0 Å². The molecule has 0 fully saturated rings. The molecule has 0 aliphatic heterocycles. The fourth-order valence-corrected chi connectivity index (χ4v) is 2.45. The molecule has 1 atom stereocenters. The van der Waals surface area contributed by atoms with E-state index in [2.05, 4.69) is 23.9 Å². The van der Waals surface area contributed by atoms with Gasteiger partial charge in [0.05, 0.1) is 16.3 Å². The van der Waals surface area contributed by atoms with Gasteiger partial charge in [-0.3, -0.25) is 4.68 Å². The molecule has 106 valence electrons. The van der Waals surface area contributed by atoms with Crippen LogP contribution in [0.25, 0.3) is 0 Å². The highest BCUT2D eigenvalue weighted by Crippen LogP contribution is 2.21. The van der Waals surface area contributed by atoms with Gasteiger partial charge in [0.1, 0.15) is 0 Å². The van der Waals surface area contributed by atoms with Crippen molar-refractivity contribution < 1.29 is 9.90 Å². The smallest absolute Gasteiger partial charge is 0.335 e. The third-order valence-corrected chi connectivity index (χ3v) is 4.01. The SMILES string of the molecule is CCC(C)n1ccc(CSc2cc(C(=O)O)ccn2)n1. The van der Waals surface area contributed by atoms with Crippen LogP contribution in [0.4, 0.5) is 0 Å². The van der Waals surface area contributed by atoms with E-state index in [1.807, 2.05) is 16.9 Å². The lowest BCUT2D eigenvalue weighted by Gasteiger charge is -2.08. The molecule has 1 unspecified atom stereocenters. The molecule has 2 heterocycles. The van der Waals surface area contributed by atoms with Crippen molar-refractivity contribution in [2.24, 2.45) is 0 Å². The minimum absolute atomic E-state index is 0.257. The summed E-state index contributed by atoms with van der Waals surface area (Å²) in [5.74, 6) is -0.255. The van der Waals surface area contributed by atoms with Crippen LogP contribution in [0, 0.1) is 0 Å². The Morgan fingerprint density at radius 3 is 3.00 bits per heavy atom. The number of aromatic carboxylic acids is 1. The highest BCUT2D eigenvalue weighted by molar-refractivity contribution is 7.98. The van der Waals surface area contributed by atoms with Crippen molar-refractivity contribution in [2.45, 2.75) is 37.1 Å². The van der Waals surface area contributed by atoms with E-state index >= 15 is 0 Å². The second-order valence-electron chi connectivity index (χ2n) is 4.52. The van der Waals surface area contributed by atoms with Gasteiger partial charge < -0.3 is 5.11 Å². The van der Waals surface area contributed by atoms with Gasteiger partial charge >= 0.3 is 5.97 Å². The van der Waals surface area contributed by atoms with Crippen molar-refractivity contribution in [3.63, 3.8) is 0 Å². The monoisotopic (exact) mass is 291 g/mol. The quantitative estimate of drug-likeness (QED) is 0.827. The van der Waals surface area contributed by atoms with E-state index in [9.17, 15) is 4.79 Å². The van der Waals surface area contributed by atoms with Gasteiger partial charge in [-0.25, -0.2) is 9.78 Å². The van der Waals surface area contributed by atoms with Crippen LogP contribution in [0.5, 0.6) is 0 Å². The van der Waals surface area contributed by atoms with Crippen molar-refractivity contribution in [3.05, 3.63) is 41.9 Å². The van der Waals surface area contributed by atoms with Gasteiger partial charge in [0.25, 0.3) is 0 Å². The van der Waals surface area contributed by atoms with Gasteiger partial charge in [-0.2, -0.15) is 5.10 Å². The van der Waals surface area contributed by atoms with Crippen LogP contribution in [-0.2, 0) is 5.75 Å². The number of hydrogen-bond donors (Lipinski definition) is 1. The van der Waals surface area contributed by atoms with Gasteiger partial charge in [-0.1, -0.05) is 18.7 Å². The summed E-state index contributed by atoms with van der Waals surface area (Å²) in [6, 6.07) is 5.45. The Balaban J connectivity index is 2.00. The number of carboxylic acids is 1. The number of carboxylic acid groups (broad SMARTS) is 1. The third-order valence-electron chi connectivity index (χ3n) is 3.06. The van der Waals surface area contributed by atoms with E-state index in [0.717, 1.165) is 12.1 Å². The van der Waals surface area contributed by atoms with Crippen LogP contribution in [0.3, 0.4) is 0 Å². The molecule has 0 spiro atoms. The summed E-state index contributed by atoms with van der Waals surface area (Å²) in [4.78, 5) is 15.0. The van der Waals surface area contributed by atoms with Gasteiger partial charge in [-0.05, 0) is 31.5 Å². The second kappa shape index (κ2) is 6.56. The predicted molar refractivity (Wildman–Crippen MR) is 78.0 cm³/mol. The summed E-state index contributed by atoms with van der Waals surface area (Å²) >= 11 is 1.49. The minimum Gasteiger partial charge on any atom is -0.478 e. The van der Waals surface area contributed by atoms with Crippen LogP contribution in [-0.4, -0.2) is 25.8 Å². The lowest BCUT2D eigenvalue weighted by atomic mass is 10.3. The molecule has 20 heavy (non-hydrogen) atoms. The molecular formula is C14H17N3O2S. The highest BCUT2D eigenvalue weighted by atomic mass is 32.2. The van der Waals surface area contributed by atoms with Gasteiger partial charge in [0.15, 0.2) is 0 Å². The average molecular weight is 291 g/mol. The number of aromatic nitrogens is 3. The van der Waals surface area contributed by atoms with Crippen molar-refractivity contribution >= 4 is 17.7 Å². The summed E-state index contributed by atoms with van der Waals surface area (Å²) in [7, 11) is 0. The molecule has 0 aliphatic rings. The first-order chi connectivity index (χ1) is 9.60. The van der Waals surface area contributed by atoms with E-state index in [1.165, 1.54) is 24.0 Å². The maximum Gasteiger partial charge on any atom is 0.335 e. The first kappa shape index (κ1) is 14.6. The Labute approximate surface area is 122 Å². The summed E-state index contributed by atoms with van der Waals surface area (Å²) in [6.07, 6.45) is 4.53. The molecule has 1 N–H and O–H groups in total. The fraction of sp³-hybridized carbons (Fsp3) is 0.357. The lowest BCUT2D eigenvalue weighted by Crippen LogP contribution is -2.04. The Kier molecular flexibility index (Phi) is 4.79. The predicted octanol–water partition coefficient (Wildman–Crippen LogP) is 3.24. The summed E-state index contributed by atoms with van der Waals surface area (Å²) in [6.45, 7) is 4.25. The maximum absolute atomic E-state index is 10.9. The molecule has 5 nitrogen and oxygen atoms in total. The molecule has 0 saturated carbocycles. The molecule has 0 aliphatic carbocycles. The topological polar surface area (TPSA) is 68.0 Å². The number of thioether (sulfide) groups is 1. The summed E-state index contributed by atoms with van der Waals surface area (Å²) in [5.41, 5.74) is 1.23. The van der Waals surface area contributed by atoms with Crippen LogP contribution in [0.15, 0.2) is 35.6 Å². The number of hydrogen-bond acceptors (Lipinski definition) is 4. The minimum atomic E-state index is -0.935. The first-order valence-electron chi connectivity index (χ1n) is 6.46. The number of rotatable bonds is 6. The first-order valence-corrected chi connectivity index (χ1v) is 7.45. The molecule has 2 rings (SSSR count). The molecule has 0 amide bonds. The lowest BCUT2D eigenvalue weighted by molar-refractivity contribution is 0.0696. The fourth-order valence-electron chi connectivity index (χ4n) is 1.66. The van der Waals surface area contributed by atoms with E-state index in [1.54, 1.807) is 6.07 Å². The van der Waals surface area contributed by atoms with Crippen molar-refractivity contribution in [1.29, 1.82) is 0 Å². The standard InChI is InChI=1S/C14H17N3O2S/c1-3-10(2)17-7-5-12(16-17)9-20-13-8-11(14(18)19)4-6-15-13/h4-8,10H,3,9H2,1-2H3,(H,18,19). The molecule has 6 heteroatoms. The number of nitrogens with zero attached hydrogens (tertiary/aromatic N) is 3. The van der Waals surface area contributed by atoms with E-state index in [-0.39, 0.29) is 5.56 Å². The Bertz CT molecular complexity index is 598. The molecule has 0 saturated heterocycles. The van der Waals surface area contributed by atoms with E-state index in [4.69, 9.17) is 5.11 Å². The van der Waals surface area contributed by atoms with E-state index in [0.29, 0.717) is 16.8 Å². The zero-order valence-corrected chi connectivity index (χ0v) is 12.3. The zero-order chi connectivity index (χ0) is 14.5. The third kappa shape index (κ3) is 3.60. The van der Waals surface area contributed by atoms with Crippen molar-refractivity contribution in [3.8, 4) is 0 Å². The van der Waals surface area contributed by atoms with Gasteiger partial charge in [-0.15, -0.1) is 0 Å². The van der Waals surface area contributed by atoms with Crippen LogP contribution < -0.4 is 0 Å². The normalized spacial score (nSPS) is 12.3. The molecule has 0 aromatic carbocycles. The Morgan fingerprint density at radius 2 is 2.30 bits per heavy atom. The molecule has 2 aromatic rings. The Hall–Kier alpha value is -1.82. The maximum atomic E-state index is 10.9. The van der Waals surface area contributed by atoms with Crippen molar-refractivity contribution in [1.82, 2.24) is 14.8 Å². The van der Waals surface area contributed by atoms with Crippen LogP contribution >= 0.6 is 11.8 Å².